The Morgan fingerprint density at radius 2 is 2.04 bits per heavy atom. The molecule has 0 saturated heterocycles. The fourth-order valence-corrected chi connectivity index (χ4v) is 2.57. The number of aromatic amines is 1. The number of hydrogen-bond donors (Lipinski definition) is 2. The lowest BCUT2D eigenvalue weighted by molar-refractivity contribution is 0.0950. The number of nitrogens with one attached hydrogen (secondary N) is 2. The van der Waals surface area contributed by atoms with Gasteiger partial charge in [-0.05, 0) is 42.3 Å². The molecule has 0 radical (unpaired) electrons. The second kappa shape index (κ2) is 6.70. The minimum atomic E-state index is -0.871. The van der Waals surface area contributed by atoms with Gasteiger partial charge < -0.3 is 15.0 Å². The van der Waals surface area contributed by atoms with E-state index in [2.05, 4.69) is 10.3 Å². The van der Waals surface area contributed by atoms with E-state index in [0.29, 0.717) is 19.0 Å². The average molecular weight is 330 g/mol. The first kappa shape index (κ1) is 16.0. The summed E-state index contributed by atoms with van der Waals surface area (Å²) in [6, 6.07) is 8.59. The van der Waals surface area contributed by atoms with E-state index < -0.39 is 17.5 Å². The molecule has 0 atom stereocenters. The minimum absolute atomic E-state index is 0.169. The number of benzene rings is 2. The molecule has 0 aliphatic heterocycles. The van der Waals surface area contributed by atoms with Crippen LogP contribution in [-0.2, 0) is 6.42 Å². The van der Waals surface area contributed by atoms with Crippen molar-refractivity contribution in [3.05, 3.63) is 65.4 Å². The molecule has 0 unspecified atom stereocenters. The van der Waals surface area contributed by atoms with Gasteiger partial charge in [-0.2, -0.15) is 0 Å². The third-order valence-electron chi connectivity index (χ3n) is 3.83. The summed E-state index contributed by atoms with van der Waals surface area (Å²) in [5.41, 5.74) is 1.82. The van der Waals surface area contributed by atoms with E-state index in [1.54, 1.807) is 7.11 Å². The Kier molecular flexibility index (Phi) is 4.46. The van der Waals surface area contributed by atoms with Crippen molar-refractivity contribution < 1.29 is 18.3 Å². The van der Waals surface area contributed by atoms with Crippen LogP contribution in [0.5, 0.6) is 5.75 Å². The van der Waals surface area contributed by atoms with E-state index in [1.165, 1.54) is 0 Å². The molecule has 2 aromatic carbocycles. The zero-order chi connectivity index (χ0) is 17.1. The van der Waals surface area contributed by atoms with Crippen molar-refractivity contribution in [1.29, 1.82) is 0 Å². The number of H-pyrrole nitrogens is 1. The van der Waals surface area contributed by atoms with Gasteiger partial charge in [0.1, 0.15) is 17.4 Å². The highest BCUT2D eigenvalue weighted by atomic mass is 19.1. The van der Waals surface area contributed by atoms with E-state index in [1.807, 2.05) is 24.4 Å². The van der Waals surface area contributed by atoms with Gasteiger partial charge in [-0.25, -0.2) is 8.78 Å². The second-order valence-electron chi connectivity index (χ2n) is 5.36. The van der Waals surface area contributed by atoms with Gasteiger partial charge in [-0.1, -0.05) is 0 Å². The first-order valence-electron chi connectivity index (χ1n) is 7.45. The molecule has 1 aromatic heterocycles. The van der Waals surface area contributed by atoms with Crippen LogP contribution in [0, 0.1) is 11.6 Å². The first-order valence-corrected chi connectivity index (χ1v) is 7.45. The second-order valence-corrected chi connectivity index (χ2v) is 5.36. The SMILES string of the molecule is COc1ccc2[nH]cc(CCNC(=O)c3ccc(F)cc3F)c2c1. The molecule has 4 nitrogen and oxygen atoms in total. The Morgan fingerprint density at radius 3 is 2.79 bits per heavy atom. The molecule has 124 valence electrons. The van der Waals surface area contributed by atoms with Gasteiger partial charge in [0.05, 0.1) is 12.7 Å². The summed E-state index contributed by atoms with van der Waals surface area (Å²) in [7, 11) is 1.60. The number of ether oxygens (including phenoxy) is 1. The Balaban J connectivity index is 1.67. The van der Waals surface area contributed by atoms with Gasteiger partial charge in [0.15, 0.2) is 0 Å². The van der Waals surface area contributed by atoms with Crippen LogP contribution < -0.4 is 10.1 Å². The zero-order valence-corrected chi connectivity index (χ0v) is 13.0. The van der Waals surface area contributed by atoms with Crippen LogP contribution in [0.15, 0.2) is 42.6 Å². The van der Waals surface area contributed by atoms with E-state index in [-0.39, 0.29) is 5.56 Å². The molecule has 1 amide bonds. The Labute approximate surface area is 137 Å². The Hall–Kier alpha value is -2.89. The molecular formula is C18H16F2N2O2. The number of fused-ring (bicyclic) bond motifs is 1. The fraction of sp³-hybridized carbons (Fsp3) is 0.167. The van der Waals surface area contributed by atoms with Gasteiger partial charge >= 0.3 is 0 Å². The predicted octanol–water partition coefficient (Wildman–Crippen LogP) is 3.43. The topological polar surface area (TPSA) is 54.1 Å². The average Bonchev–Trinajstić information content (AvgIpc) is 2.97. The summed E-state index contributed by atoms with van der Waals surface area (Å²) in [4.78, 5) is 15.1. The maximum Gasteiger partial charge on any atom is 0.254 e. The van der Waals surface area contributed by atoms with Gasteiger partial charge in [0.25, 0.3) is 5.91 Å². The molecule has 0 spiro atoms. The van der Waals surface area contributed by atoms with Crippen LogP contribution in [0.1, 0.15) is 15.9 Å². The van der Waals surface area contributed by atoms with E-state index in [9.17, 15) is 13.6 Å². The maximum atomic E-state index is 13.6. The minimum Gasteiger partial charge on any atom is -0.497 e. The molecule has 0 aliphatic carbocycles. The van der Waals surface area contributed by atoms with Gasteiger partial charge in [-0.15, -0.1) is 0 Å². The normalized spacial score (nSPS) is 10.8. The van der Waals surface area contributed by atoms with Crippen molar-refractivity contribution in [2.24, 2.45) is 0 Å². The van der Waals surface area contributed by atoms with Gasteiger partial charge in [0, 0.05) is 29.7 Å². The summed E-state index contributed by atoms with van der Waals surface area (Å²) < 4.78 is 31.7. The molecule has 3 aromatic rings. The molecule has 6 heteroatoms. The molecule has 0 fully saturated rings. The standard InChI is InChI=1S/C18H16F2N2O2/c1-24-13-3-5-17-15(9-13)11(10-22-17)6-7-21-18(23)14-4-2-12(19)8-16(14)20/h2-5,8-10,22H,6-7H2,1H3,(H,21,23). The summed E-state index contributed by atoms with van der Waals surface area (Å²) in [5, 5.41) is 3.66. The van der Waals surface area contributed by atoms with Crippen molar-refractivity contribution in [3.63, 3.8) is 0 Å². The number of hydrogen-bond acceptors (Lipinski definition) is 2. The van der Waals surface area contributed by atoms with E-state index >= 15 is 0 Å². The number of aromatic nitrogens is 1. The van der Waals surface area contributed by atoms with Crippen LogP contribution in [0.4, 0.5) is 8.78 Å². The highest BCUT2D eigenvalue weighted by Gasteiger charge is 2.12. The largest absolute Gasteiger partial charge is 0.497 e. The van der Waals surface area contributed by atoms with Crippen LogP contribution in [-0.4, -0.2) is 24.5 Å². The van der Waals surface area contributed by atoms with Gasteiger partial charge in [-0.3, -0.25) is 4.79 Å². The molecule has 3 rings (SSSR count). The van der Waals surface area contributed by atoms with Crippen LogP contribution in [0.3, 0.4) is 0 Å². The number of carbonyl (C=O) groups excluding carboxylic acids is 1. The van der Waals surface area contributed by atoms with Crippen LogP contribution >= 0.6 is 0 Å². The summed E-state index contributed by atoms with van der Waals surface area (Å²) in [6.45, 7) is 0.333. The number of methoxy groups -OCH3 is 1. The van der Waals surface area contributed by atoms with Crippen LogP contribution in [0.2, 0.25) is 0 Å². The van der Waals surface area contributed by atoms with Crippen molar-refractivity contribution >= 4 is 16.8 Å². The Morgan fingerprint density at radius 1 is 1.21 bits per heavy atom. The number of amides is 1. The van der Waals surface area contributed by atoms with E-state index in [0.717, 1.165) is 34.3 Å². The summed E-state index contributed by atoms with van der Waals surface area (Å²) in [6.07, 6.45) is 2.44. The lowest BCUT2D eigenvalue weighted by Gasteiger charge is -2.06. The lowest BCUT2D eigenvalue weighted by atomic mass is 10.1. The smallest absolute Gasteiger partial charge is 0.254 e. The Bertz CT molecular complexity index is 890. The molecule has 0 aliphatic rings. The highest BCUT2D eigenvalue weighted by molar-refractivity contribution is 5.94. The third-order valence-corrected chi connectivity index (χ3v) is 3.83. The monoisotopic (exact) mass is 330 g/mol. The predicted molar refractivity (Wildman–Crippen MR) is 87.2 cm³/mol. The van der Waals surface area contributed by atoms with Crippen molar-refractivity contribution in [2.75, 3.05) is 13.7 Å². The summed E-state index contributed by atoms with van der Waals surface area (Å²) >= 11 is 0. The maximum absolute atomic E-state index is 13.6. The number of carbonyl (C=O) groups is 1. The lowest BCUT2D eigenvalue weighted by Crippen LogP contribution is -2.26. The molecule has 0 bridgehead atoms. The third kappa shape index (κ3) is 3.22. The first-order chi connectivity index (χ1) is 11.6. The molecule has 2 N–H and O–H groups in total. The quantitative estimate of drug-likeness (QED) is 0.753. The highest BCUT2D eigenvalue weighted by Crippen LogP contribution is 2.23. The number of halogens is 2. The van der Waals surface area contributed by atoms with Crippen molar-refractivity contribution in [2.45, 2.75) is 6.42 Å². The molecular weight excluding hydrogens is 314 g/mol. The molecule has 0 saturated carbocycles. The van der Waals surface area contributed by atoms with Crippen molar-refractivity contribution in [1.82, 2.24) is 10.3 Å². The molecule has 24 heavy (non-hydrogen) atoms. The fourth-order valence-electron chi connectivity index (χ4n) is 2.57. The van der Waals surface area contributed by atoms with Gasteiger partial charge in [0.2, 0.25) is 0 Å². The van der Waals surface area contributed by atoms with Crippen molar-refractivity contribution in [3.8, 4) is 5.75 Å². The summed E-state index contributed by atoms with van der Waals surface area (Å²) in [5.74, 6) is -1.40. The molecule has 1 heterocycles. The number of rotatable bonds is 5. The van der Waals surface area contributed by atoms with E-state index in [4.69, 9.17) is 4.74 Å². The van der Waals surface area contributed by atoms with Crippen LogP contribution in [0.25, 0.3) is 10.9 Å². The zero-order valence-electron chi connectivity index (χ0n) is 13.0.